The molecule has 2 aromatic carbocycles. The van der Waals surface area contributed by atoms with E-state index in [2.05, 4.69) is 5.32 Å². The van der Waals surface area contributed by atoms with E-state index < -0.39 is 11.9 Å². The predicted octanol–water partition coefficient (Wildman–Crippen LogP) is 4.32. The number of halogens is 1. The maximum absolute atomic E-state index is 12.2. The van der Waals surface area contributed by atoms with Crippen LogP contribution in [0.3, 0.4) is 0 Å². The van der Waals surface area contributed by atoms with Gasteiger partial charge in [-0.15, -0.1) is 0 Å². The van der Waals surface area contributed by atoms with Crippen LogP contribution in [0.15, 0.2) is 48.5 Å². The summed E-state index contributed by atoms with van der Waals surface area (Å²) in [5.74, 6) is -1.17. The fourth-order valence-corrected chi connectivity index (χ4v) is 2.51. The highest BCUT2D eigenvalue weighted by atomic mass is 35.5. The molecule has 5 heteroatoms. The first kappa shape index (κ1) is 18.0. The van der Waals surface area contributed by atoms with Crippen LogP contribution < -0.4 is 5.32 Å². The summed E-state index contributed by atoms with van der Waals surface area (Å²) in [6, 6.07) is 14.6. The van der Waals surface area contributed by atoms with Crippen molar-refractivity contribution in [3.63, 3.8) is 0 Å². The van der Waals surface area contributed by atoms with Gasteiger partial charge in [-0.1, -0.05) is 54.9 Å². The quantitative estimate of drug-likeness (QED) is 0.793. The van der Waals surface area contributed by atoms with E-state index in [0.29, 0.717) is 17.1 Å². The number of carbonyl (C=O) groups excluding carboxylic acids is 2. The predicted molar refractivity (Wildman–Crippen MR) is 95.3 cm³/mol. The van der Waals surface area contributed by atoms with Gasteiger partial charge in [-0.2, -0.15) is 0 Å². The number of rotatable bonds is 6. The molecule has 0 bridgehead atoms. The van der Waals surface area contributed by atoms with Crippen molar-refractivity contribution >= 4 is 29.2 Å². The topological polar surface area (TPSA) is 55.4 Å². The first-order valence-electron chi connectivity index (χ1n) is 7.79. The molecule has 126 valence electrons. The van der Waals surface area contributed by atoms with Gasteiger partial charge in [0.2, 0.25) is 0 Å². The van der Waals surface area contributed by atoms with Crippen molar-refractivity contribution in [2.24, 2.45) is 0 Å². The number of benzene rings is 2. The van der Waals surface area contributed by atoms with Crippen molar-refractivity contribution in [3.05, 3.63) is 64.7 Å². The highest BCUT2D eigenvalue weighted by molar-refractivity contribution is 6.31. The normalized spacial score (nSPS) is 11.6. The van der Waals surface area contributed by atoms with E-state index in [-0.39, 0.29) is 12.5 Å². The Labute approximate surface area is 146 Å². The van der Waals surface area contributed by atoms with Crippen LogP contribution in [0.1, 0.15) is 30.4 Å². The van der Waals surface area contributed by atoms with Crippen LogP contribution in [-0.4, -0.2) is 18.5 Å². The summed E-state index contributed by atoms with van der Waals surface area (Å²) < 4.78 is 5.15. The van der Waals surface area contributed by atoms with Crippen LogP contribution in [0.25, 0.3) is 0 Å². The Bertz CT molecular complexity index is 716. The Morgan fingerprint density at radius 3 is 2.50 bits per heavy atom. The van der Waals surface area contributed by atoms with Crippen molar-refractivity contribution in [1.82, 2.24) is 0 Å². The Morgan fingerprint density at radius 1 is 1.17 bits per heavy atom. The number of aryl methyl sites for hydroxylation is 1. The van der Waals surface area contributed by atoms with Gasteiger partial charge in [0.1, 0.15) is 0 Å². The molecule has 0 fully saturated rings. The van der Waals surface area contributed by atoms with Crippen molar-refractivity contribution < 1.29 is 14.3 Å². The van der Waals surface area contributed by atoms with Crippen molar-refractivity contribution in [3.8, 4) is 0 Å². The maximum atomic E-state index is 12.2. The van der Waals surface area contributed by atoms with E-state index in [1.165, 1.54) is 0 Å². The Morgan fingerprint density at radius 2 is 1.88 bits per heavy atom. The third-order valence-corrected chi connectivity index (χ3v) is 4.10. The molecule has 1 amide bonds. The van der Waals surface area contributed by atoms with Crippen molar-refractivity contribution in [2.45, 2.75) is 26.2 Å². The van der Waals surface area contributed by atoms with Gasteiger partial charge in [-0.25, -0.2) is 0 Å². The number of amides is 1. The van der Waals surface area contributed by atoms with Gasteiger partial charge in [0.15, 0.2) is 6.61 Å². The highest BCUT2D eigenvalue weighted by Crippen LogP contribution is 2.21. The number of anilines is 1. The molecule has 0 spiro atoms. The second kappa shape index (κ2) is 8.50. The number of nitrogens with one attached hydrogen (secondary N) is 1. The standard InChI is InChI=1S/C19H20ClNO3/c1-3-16(14-7-5-4-6-8-14)19(23)24-12-18(22)21-15-10-9-13(2)17(20)11-15/h4-11,16H,3,12H2,1-2H3,(H,21,22)/t16-/m1/s1. The number of esters is 1. The molecule has 0 aromatic heterocycles. The second-order valence-electron chi connectivity index (χ2n) is 5.49. The lowest BCUT2D eigenvalue weighted by molar-refractivity contribution is -0.149. The Balaban J connectivity index is 1.90. The number of ether oxygens (including phenoxy) is 1. The SMILES string of the molecule is CC[C@@H](C(=O)OCC(=O)Nc1ccc(C)c(Cl)c1)c1ccccc1. The maximum Gasteiger partial charge on any atom is 0.313 e. The molecule has 0 heterocycles. The minimum absolute atomic E-state index is 0.326. The number of hydrogen-bond acceptors (Lipinski definition) is 3. The highest BCUT2D eigenvalue weighted by Gasteiger charge is 2.20. The summed E-state index contributed by atoms with van der Waals surface area (Å²) in [7, 11) is 0. The smallest absolute Gasteiger partial charge is 0.313 e. The monoisotopic (exact) mass is 345 g/mol. The molecule has 1 N–H and O–H groups in total. The molecule has 24 heavy (non-hydrogen) atoms. The van der Waals surface area contributed by atoms with E-state index in [0.717, 1.165) is 11.1 Å². The van der Waals surface area contributed by atoms with Gasteiger partial charge >= 0.3 is 5.97 Å². The zero-order valence-electron chi connectivity index (χ0n) is 13.7. The van der Waals surface area contributed by atoms with Gasteiger partial charge in [-0.05, 0) is 36.6 Å². The average Bonchev–Trinajstić information content (AvgIpc) is 2.58. The second-order valence-corrected chi connectivity index (χ2v) is 5.90. The first-order valence-corrected chi connectivity index (χ1v) is 8.16. The van der Waals surface area contributed by atoms with Crippen LogP contribution in [0, 0.1) is 6.92 Å². The molecule has 0 unspecified atom stereocenters. The fraction of sp³-hybridized carbons (Fsp3) is 0.263. The summed E-state index contributed by atoms with van der Waals surface area (Å²) in [6.45, 7) is 3.46. The summed E-state index contributed by atoms with van der Waals surface area (Å²) >= 11 is 6.02. The molecule has 0 aliphatic heterocycles. The third kappa shape index (κ3) is 4.83. The Hall–Kier alpha value is -2.33. The van der Waals surface area contributed by atoms with Gasteiger partial charge in [0.05, 0.1) is 5.92 Å². The summed E-state index contributed by atoms with van der Waals surface area (Å²) in [6.07, 6.45) is 0.609. The van der Waals surface area contributed by atoms with Gasteiger partial charge in [0.25, 0.3) is 5.91 Å². The molecule has 0 saturated carbocycles. The lowest BCUT2D eigenvalue weighted by Gasteiger charge is -2.14. The molecular weight excluding hydrogens is 326 g/mol. The first-order chi connectivity index (χ1) is 11.5. The van der Waals surface area contributed by atoms with Gasteiger partial charge < -0.3 is 10.1 Å². The molecule has 4 nitrogen and oxygen atoms in total. The molecule has 1 atom stereocenters. The molecule has 2 aromatic rings. The summed E-state index contributed by atoms with van der Waals surface area (Å²) in [5, 5.41) is 3.23. The van der Waals surface area contributed by atoms with Gasteiger partial charge in [-0.3, -0.25) is 9.59 Å². The Kier molecular flexibility index (Phi) is 6.38. The fourth-order valence-electron chi connectivity index (χ4n) is 2.33. The summed E-state index contributed by atoms with van der Waals surface area (Å²) in [4.78, 5) is 24.1. The average molecular weight is 346 g/mol. The minimum Gasteiger partial charge on any atom is -0.455 e. The van der Waals surface area contributed by atoms with Gasteiger partial charge in [0, 0.05) is 10.7 Å². The number of hydrogen-bond donors (Lipinski definition) is 1. The van der Waals surface area contributed by atoms with Crippen LogP contribution in [0.2, 0.25) is 5.02 Å². The van der Waals surface area contributed by atoms with Crippen molar-refractivity contribution in [2.75, 3.05) is 11.9 Å². The van der Waals surface area contributed by atoms with Crippen LogP contribution in [0.5, 0.6) is 0 Å². The minimum atomic E-state index is -0.402. The van der Waals surface area contributed by atoms with Crippen LogP contribution >= 0.6 is 11.6 Å². The molecular formula is C19H20ClNO3. The molecule has 0 saturated heterocycles. The van der Waals surface area contributed by atoms with Crippen LogP contribution in [-0.2, 0) is 14.3 Å². The van der Waals surface area contributed by atoms with Crippen LogP contribution in [0.4, 0.5) is 5.69 Å². The third-order valence-electron chi connectivity index (χ3n) is 3.70. The van der Waals surface area contributed by atoms with E-state index in [9.17, 15) is 9.59 Å². The van der Waals surface area contributed by atoms with Crippen molar-refractivity contribution in [1.29, 1.82) is 0 Å². The largest absolute Gasteiger partial charge is 0.455 e. The molecule has 0 aliphatic rings. The van der Waals surface area contributed by atoms with E-state index in [4.69, 9.17) is 16.3 Å². The van der Waals surface area contributed by atoms with E-state index in [1.807, 2.05) is 50.2 Å². The van der Waals surface area contributed by atoms with E-state index >= 15 is 0 Å². The molecule has 0 aliphatic carbocycles. The lowest BCUT2D eigenvalue weighted by Crippen LogP contribution is -2.23. The molecule has 2 rings (SSSR count). The molecule has 0 radical (unpaired) electrons. The number of carbonyl (C=O) groups is 2. The van der Waals surface area contributed by atoms with E-state index in [1.54, 1.807) is 12.1 Å². The zero-order chi connectivity index (χ0) is 17.5. The zero-order valence-corrected chi connectivity index (χ0v) is 14.5. The lowest BCUT2D eigenvalue weighted by atomic mass is 9.97. The summed E-state index contributed by atoms with van der Waals surface area (Å²) in [5.41, 5.74) is 2.38.